The third-order valence-electron chi connectivity index (χ3n) is 4.91. The summed E-state index contributed by atoms with van der Waals surface area (Å²) < 4.78 is 0. The van der Waals surface area contributed by atoms with Crippen molar-refractivity contribution in [1.29, 1.82) is 0 Å². The topological polar surface area (TPSA) is 12.0 Å². The van der Waals surface area contributed by atoms with Crippen molar-refractivity contribution in [3.8, 4) is 0 Å². The van der Waals surface area contributed by atoms with Crippen LogP contribution in [0.15, 0.2) is 24.3 Å². The zero-order valence-electron chi connectivity index (χ0n) is 11.7. The fourth-order valence-electron chi connectivity index (χ4n) is 3.92. The third kappa shape index (κ3) is 2.21. The van der Waals surface area contributed by atoms with Crippen LogP contribution in [0.4, 0.5) is 0 Å². The van der Waals surface area contributed by atoms with Gasteiger partial charge in [0.2, 0.25) is 0 Å². The lowest BCUT2D eigenvalue weighted by Crippen LogP contribution is -2.25. The van der Waals surface area contributed by atoms with Crippen LogP contribution in [0.3, 0.4) is 0 Å². The van der Waals surface area contributed by atoms with Crippen molar-refractivity contribution in [2.24, 2.45) is 17.8 Å². The van der Waals surface area contributed by atoms with Crippen LogP contribution in [-0.2, 0) is 0 Å². The quantitative estimate of drug-likeness (QED) is 0.821. The van der Waals surface area contributed by atoms with Crippen LogP contribution < -0.4 is 5.32 Å². The van der Waals surface area contributed by atoms with Gasteiger partial charge in [0.1, 0.15) is 0 Å². The molecule has 1 heteroatoms. The van der Waals surface area contributed by atoms with Gasteiger partial charge < -0.3 is 5.32 Å². The van der Waals surface area contributed by atoms with Crippen LogP contribution in [0.25, 0.3) is 0 Å². The Labute approximate surface area is 111 Å². The molecule has 3 atom stereocenters. The minimum atomic E-state index is 0.612. The molecule has 2 fully saturated rings. The average molecular weight is 243 g/mol. The van der Waals surface area contributed by atoms with Gasteiger partial charge in [-0.15, -0.1) is 0 Å². The second-order valence-corrected chi connectivity index (χ2v) is 6.18. The third-order valence-corrected chi connectivity index (χ3v) is 4.91. The zero-order chi connectivity index (χ0) is 12.5. The Balaban J connectivity index is 1.75. The maximum absolute atomic E-state index is 3.80. The Morgan fingerprint density at radius 2 is 1.83 bits per heavy atom. The largest absolute Gasteiger partial charge is 0.310 e. The molecule has 0 aromatic heterocycles. The lowest BCUT2D eigenvalue weighted by molar-refractivity contribution is 0.417. The molecule has 1 aromatic rings. The monoisotopic (exact) mass is 243 g/mol. The van der Waals surface area contributed by atoms with Crippen LogP contribution in [0, 0.1) is 24.7 Å². The fraction of sp³-hybridized carbons (Fsp3) is 0.647. The van der Waals surface area contributed by atoms with Gasteiger partial charge in [-0.05, 0) is 56.0 Å². The van der Waals surface area contributed by atoms with Crippen LogP contribution in [0.1, 0.15) is 49.8 Å². The Morgan fingerprint density at radius 1 is 1.17 bits per heavy atom. The molecule has 2 aliphatic carbocycles. The molecule has 0 amide bonds. The first-order chi connectivity index (χ1) is 8.81. The molecule has 1 N–H and O–H groups in total. The molecule has 3 rings (SSSR count). The smallest absolute Gasteiger partial charge is 0.0354 e. The molecule has 0 aliphatic heterocycles. The van der Waals surface area contributed by atoms with Gasteiger partial charge in [0.05, 0.1) is 0 Å². The number of hydrogen-bond donors (Lipinski definition) is 1. The molecular weight excluding hydrogens is 218 g/mol. The summed E-state index contributed by atoms with van der Waals surface area (Å²) in [7, 11) is 0. The van der Waals surface area contributed by atoms with Crippen molar-refractivity contribution in [2.75, 3.05) is 6.54 Å². The Bertz CT molecular complexity index is 385. The minimum absolute atomic E-state index is 0.612. The molecule has 3 unspecified atom stereocenters. The molecule has 0 radical (unpaired) electrons. The SMILES string of the molecule is CCCNC(c1ccc(C)cc1)C1C2CCCC21. The van der Waals surface area contributed by atoms with Gasteiger partial charge >= 0.3 is 0 Å². The Kier molecular flexibility index (Phi) is 3.43. The van der Waals surface area contributed by atoms with E-state index in [-0.39, 0.29) is 0 Å². The Hall–Kier alpha value is -0.820. The molecule has 98 valence electrons. The standard InChI is InChI=1S/C17H25N/c1-3-11-18-17(13-9-7-12(2)8-10-13)16-14-5-4-6-15(14)16/h7-10,14-18H,3-6,11H2,1-2H3. The van der Waals surface area contributed by atoms with E-state index in [0.717, 1.165) is 24.3 Å². The van der Waals surface area contributed by atoms with E-state index in [1.165, 1.54) is 36.8 Å². The number of aryl methyl sites for hydroxylation is 1. The van der Waals surface area contributed by atoms with Gasteiger partial charge in [-0.25, -0.2) is 0 Å². The first kappa shape index (κ1) is 12.2. The van der Waals surface area contributed by atoms with Crippen molar-refractivity contribution in [3.05, 3.63) is 35.4 Å². The maximum atomic E-state index is 3.80. The molecule has 18 heavy (non-hydrogen) atoms. The summed E-state index contributed by atoms with van der Waals surface area (Å²) in [6, 6.07) is 9.79. The number of rotatable bonds is 5. The van der Waals surface area contributed by atoms with Gasteiger partial charge in [0, 0.05) is 6.04 Å². The van der Waals surface area contributed by atoms with E-state index in [4.69, 9.17) is 0 Å². The number of benzene rings is 1. The van der Waals surface area contributed by atoms with Crippen molar-refractivity contribution in [2.45, 2.75) is 45.6 Å². The Morgan fingerprint density at radius 3 is 2.44 bits per heavy atom. The van der Waals surface area contributed by atoms with Gasteiger partial charge in [-0.2, -0.15) is 0 Å². The molecule has 0 bridgehead atoms. The molecule has 2 saturated carbocycles. The van der Waals surface area contributed by atoms with Gasteiger partial charge in [-0.1, -0.05) is 43.2 Å². The predicted molar refractivity (Wildman–Crippen MR) is 76.5 cm³/mol. The first-order valence-electron chi connectivity index (χ1n) is 7.61. The molecule has 0 heterocycles. The normalized spacial score (nSPS) is 31.1. The molecule has 0 spiro atoms. The second-order valence-electron chi connectivity index (χ2n) is 6.18. The van der Waals surface area contributed by atoms with Gasteiger partial charge in [0.25, 0.3) is 0 Å². The van der Waals surface area contributed by atoms with Gasteiger partial charge in [-0.3, -0.25) is 0 Å². The van der Waals surface area contributed by atoms with E-state index in [1.807, 2.05) is 0 Å². The maximum Gasteiger partial charge on any atom is 0.0354 e. The molecule has 0 saturated heterocycles. The number of nitrogens with one attached hydrogen (secondary N) is 1. The van der Waals surface area contributed by atoms with Crippen LogP contribution in [0.5, 0.6) is 0 Å². The van der Waals surface area contributed by atoms with Crippen molar-refractivity contribution in [3.63, 3.8) is 0 Å². The van der Waals surface area contributed by atoms with E-state index in [1.54, 1.807) is 0 Å². The minimum Gasteiger partial charge on any atom is -0.310 e. The van der Waals surface area contributed by atoms with E-state index in [0.29, 0.717) is 6.04 Å². The van der Waals surface area contributed by atoms with E-state index < -0.39 is 0 Å². The number of fused-ring (bicyclic) bond motifs is 1. The van der Waals surface area contributed by atoms with Crippen molar-refractivity contribution in [1.82, 2.24) is 5.32 Å². The van der Waals surface area contributed by atoms with Crippen LogP contribution in [-0.4, -0.2) is 6.54 Å². The fourth-order valence-corrected chi connectivity index (χ4v) is 3.92. The summed E-state index contributed by atoms with van der Waals surface area (Å²) in [4.78, 5) is 0. The highest BCUT2D eigenvalue weighted by Gasteiger charge is 2.55. The molecule has 2 aliphatic rings. The second kappa shape index (κ2) is 5.05. The highest BCUT2D eigenvalue weighted by molar-refractivity contribution is 5.27. The van der Waals surface area contributed by atoms with Crippen LogP contribution in [0.2, 0.25) is 0 Å². The summed E-state index contributed by atoms with van der Waals surface area (Å²) >= 11 is 0. The van der Waals surface area contributed by atoms with E-state index >= 15 is 0 Å². The summed E-state index contributed by atoms with van der Waals surface area (Å²) in [6.45, 7) is 5.57. The summed E-state index contributed by atoms with van der Waals surface area (Å²) in [5.41, 5.74) is 2.87. The highest BCUT2D eigenvalue weighted by Crippen LogP contribution is 2.62. The van der Waals surface area contributed by atoms with E-state index in [2.05, 4.69) is 43.4 Å². The first-order valence-corrected chi connectivity index (χ1v) is 7.61. The molecule has 1 nitrogen and oxygen atoms in total. The van der Waals surface area contributed by atoms with Crippen molar-refractivity contribution >= 4 is 0 Å². The molecule has 1 aromatic carbocycles. The van der Waals surface area contributed by atoms with E-state index in [9.17, 15) is 0 Å². The number of hydrogen-bond acceptors (Lipinski definition) is 1. The lowest BCUT2D eigenvalue weighted by atomic mass is 9.96. The zero-order valence-corrected chi connectivity index (χ0v) is 11.7. The molecular formula is C17H25N. The summed E-state index contributed by atoms with van der Waals surface area (Å²) in [5.74, 6) is 2.98. The highest BCUT2D eigenvalue weighted by atomic mass is 14.9. The van der Waals surface area contributed by atoms with Gasteiger partial charge in [0.15, 0.2) is 0 Å². The average Bonchev–Trinajstić information content (AvgIpc) is 2.85. The predicted octanol–water partition coefficient (Wildman–Crippen LogP) is 4.08. The summed E-state index contributed by atoms with van der Waals surface area (Å²) in [5, 5.41) is 3.80. The summed E-state index contributed by atoms with van der Waals surface area (Å²) in [6.07, 6.45) is 5.65. The van der Waals surface area contributed by atoms with Crippen molar-refractivity contribution < 1.29 is 0 Å². The lowest BCUT2D eigenvalue weighted by Gasteiger charge is -2.21. The van der Waals surface area contributed by atoms with Crippen LogP contribution >= 0.6 is 0 Å².